The molecule has 2 rings (SSSR count). The molecule has 2 aromatic rings. The summed E-state index contributed by atoms with van der Waals surface area (Å²) in [7, 11) is 1.79. The maximum atomic E-state index is 10.7. The number of benzene rings is 1. The molecule has 15 heavy (non-hydrogen) atoms. The first-order chi connectivity index (χ1) is 7.02. The van der Waals surface area contributed by atoms with Gasteiger partial charge in [-0.3, -0.25) is 10.1 Å². The molecule has 0 saturated heterocycles. The number of fused-ring (bicyclic) bond motifs is 1. The van der Waals surface area contributed by atoms with Crippen molar-refractivity contribution in [2.45, 2.75) is 0 Å². The van der Waals surface area contributed by atoms with E-state index < -0.39 is 4.92 Å². The molecule has 0 amide bonds. The average Bonchev–Trinajstić information content (AvgIpc) is 2.54. The van der Waals surface area contributed by atoms with Crippen LogP contribution in [0.2, 0.25) is 5.02 Å². The van der Waals surface area contributed by atoms with Crippen molar-refractivity contribution in [2.24, 2.45) is 7.05 Å². The number of halogens is 2. The van der Waals surface area contributed by atoms with Gasteiger partial charge < -0.3 is 4.57 Å². The first-order valence-electron chi connectivity index (χ1n) is 3.95. The fourth-order valence-corrected chi connectivity index (χ4v) is 2.32. The number of aryl methyl sites for hydroxylation is 1. The third-order valence-electron chi connectivity index (χ3n) is 2.06. The molecule has 5 nitrogen and oxygen atoms in total. The first-order valence-corrected chi connectivity index (χ1v) is 5.13. The molecular weight excluding hydrogens is 285 g/mol. The number of hydrogen-bond acceptors (Lipinski definition) is 3. The van der Waals surface area contributed by atoms with Crippen molar-refractivity contribution in [3.05, 3.63) is 32.0 Å². The van der Waals surface area contributed by atoms with Crippen LogP contribution >= 0.6 is 27.5 Å². The van der Waals surface area contributed by atoms with E-state index >= 15 is 0 Å². The van der Waals surface area contributed by atoms with Gasteiger partial charge in [0.25, 0.3) is 5.69 Å². The molecule has 1 aromatic heterocycles. The van der Waals surface area contributed by atoms with Gasteiger partial charge in [0.05, 0.1) is 21.2 Å². The number of imidazole rings is 1. The van der Waals surface area contributed by atoms with Gasteiger partial charge in [0, 0.05) is 13.1 Å². The minimum atomic E-state index is -0.527. The summed E-state index contributed by atoms with van der Waals surface area (Å²) in [5, 5.41) is 10.8. The average molecular weight is 291 g/mol. The van der Waals surface area contributed by atoms with E-state index in [0.717, 1.165) is 5.52 Å². The summed E-state index contributed by atoms with van der Waals surface area (Å²) in [6, 6.07) is 1.38. The van der Waals surface area contributed by atoms with Gasteiger partial charge in [0.15, 0.2) is 0 Å². The highest BCUT2D eigenvalue weighted by molar-refractivity contribution is 9.10. The van der Waals surface area contributed by atoms with Crippen LogP contribution in [0.25, 0.3) is 11.0 Å². The molecule has 0 aliphatic rings. The summed E-state index contributed by atoms with van der Waals surface area (Å²) in [5.74, 6) is 0. The summed E-state index contributed by atoms with van der Waals surface area (Å²) in [6.07, 6.45) is 1.56. The van der Waals surface area contributed by atoms with Gasteiger partial charge in [-0.15, -0.1) is 0 Å². The molecule has 0 radical (unpaired) electrons. The molecule has 7 heteroatoms. The van der Waals surface area contributed by atoms with Crippen molar-refractivity contribution in [2.75, 3.05) is 0 Å². The minimum absolute atomic E-state index is 0.0683. The Bertz CT molecular complexity index is 567. The van der Waals surface area contributed by atoms with Crippen LogP contribution in [0, 0.1) is 10.1 Å². The number of aromatic nitrogens is 2. The first kappa shape index (κ1) is 10.4. The van der Waals surface area contributed by atoms with Crippen molar-refractivity contribution in [1.29, 1.82) is 0 Å². The highest BCUT2D eigenvalue weighted by Gasteiger charge is 2.20. The Morgan fingerprint density at radius 3 is 2.93 bits per heavy atom. The predicted octanol–water partition coefficient (Wildman–Crippen LogP) is 2.90. The van der Waals surface area contributed by atoms with Crippen molar-refractivity contribution < 1.29 is 4.92 Å². The lowest BCUT2D eigenvalue weighted by atomic mass is 10.3. The fraction of sp³-hybridized carbons (Fsp3) is 0.125. The maximum Gasteiger partial charge on any atom is 0.291 e. The molecule has 0 bridgehead atoms. The maximum absolute atomic E-state index is 10.7. The second-order valence-electron chi connectivity index (χ2n) is 3.00. The molecule has 0 aliphatic carbocycles. The summed E-state index contributed by atoms with van der Waals surface area (Å²) >= 11 is 9.14. The minimum Gasteiger partial charge on any atom is -0.333 e. The van der Waals surface area contributed by atoms with Gasteiger partial charge in [-0.2, -0.15) is 0 Å². The summed E-state index contributed by atoms with van der Waals surface area (Å²) in [4.78, 5) is 14.2. The Kier molecular flexibility index (Phi) is 2.40. The van der Waals surface area contributed by atoms with E-state index in [2.05, 4.69) is 20.9 Å². The van der Waals surface area contributed by atoms with Crippen LogP contribution in [0.4, 0.5) is 5.69 Å². The molecule has 0 fully saturated rings. The molecule has 0 N–H and O–H groups in total. The topological polar surface area (TPSA) is 61.0 Å². The molecule has 0 saturated carbocycles. The quantitative estimate of drug-likeness (QED) is 0.599. The van der Waals surface area contributed by atoms with E-state index in [-0.39, 0.29) is 10.7 Å². The second-order valence-corrected chi connectivity index (χ2v) is 4.23. The van der Waals surface area contributed by atoms with Crippen molar-refractivity contribution in [3.8, 4) is 0 Å². The molecule has 1 aromatic carbocycles. The van der Waals surface area contributed by atoms with Crippen LogP contribution in [0.3, 0.4) is 0 Å². The molecule has 1 heterocycles. The SMILES string of the molecule is Cn1cnc2c(Cl)c([N+](=O)[O-])cc(Br)c21. The van der Waals surface area contributed by atoms with E-state index in [1.54, 1.807) is 17.9 Å². The third-order valence-corrected chi connectivity index (χ3v) is 3.03. The monoisotopic (exact) mass is 289 g/mol. The zero-order chi connectivity index (χ0) is 11.2. The highest BCUT2D eigenvalue weighted by Crippen LogP contribution is 2.36. The highest BCUT2D eigenvalue weighted by atomic mass is 79.9. The standard InChI is InChI=1S/C8H5BrClN3O2/c1-12-3-11-7-6(10)5(13(14)15)2-4(9)8(7)12/h2-3H,1H3. The Hall–Kier alpha value is -1.14. The van der Waals surface area contributed by atoms with E-state index in [1.807, 2.05) is 0 Å². The molecule has 0 spiro atoms. The Morgan fingerprint density at radius 1 is 1.67 bits per heavy atom. The van der Waals surface area contributed by atoms with E-state index in [4.69, 9.17) is 11.6 Å². The van der Waals surface area contributed by atoms with E-state index in [9.17, 15) is 10.1 Å². The van der Waals surface area contributed by atoms with Gasteiger partial charge >= 0.3 is 0 Å². The number of nitrogens with zero attached hydrogens (tertiary/aromatic N) is 3. The van der Waals surface area contributed by atoms with Crippen LogP contribution in [-0.4, -0.2) is 14.5 Å². The van der Waals surface area contributed by atoms with Gasteiger partial charge in [0.1, 0.15) is 10.5 Å². The van der Waals surface area contributed by atoms with Gasteiger partial charge in [-0.05, 0) is 15.9 Å². The third kappa shape index (κ3) is 1.49. The van der Waals surface area contributed by atoms with E-state index in [1.165, 1.54) is 6.07 Å². The molecule has 78 valence electrons. The molecular formula is C8H5BrClN3O2. The Labute approximate surface area is 97.9 Å². The molecule has 0 aliphatic heterocycles. The number of nitro benzene ring substituents is 1. The number of hydrogen-bond donors (Lipinski definition) is 0. The van der Waals surface area contributed by atoms with Gasteiger partial charge in [-0.1, -0.05) is 11.6 Å². The lowest BCUT2D eigenvalue weighted by Crippen LogP contribution is -1.92. The van der Waals surface area contributed by atoms with Crippen LogP contribution in [-0.2, 0) is 7.05 Å². The number of rotatable bonds is 1. The molecule has 0 unspecified atom stereocenters. The largest absolute Gasteiger partial charge is 0.333 e. The second kappa shape index (κ2) is 3.46. The molecule has 0 atom stereocenters. The fourth-order valence-electron chi connectivity index (χ4n) is 1.38. The van der Waals surface area contributed by atoms with Crippen LogP contribution in [0.1, 0.15) is 0 Å². The van der Waals surface area contributed by atoms with Crippen LogP contribution < -0.4 is 0 Å². The van der Waals surface area contributed by atoms with Crippen LogP contribution in [0.15, 0.2) is 16.9 Å². The van der Waals surface area contributed by atoms with E-state index in [0.29, 0.717) is 9.99 Å². The van der Waals surface area contributed by atoms with Crippen LogP contribution in [0.5, 0.6) is 0 Å². The zero-order valence-corrected chi connectivity index (χ0v) is 9.91. The number of nitro groups is 1. The Balaban J connectivity index is 2.92. The van der Waals surface area contributed by atoms with Gasteiger partial charge in [0.2, 0.25) is 0 Å². The van der Waals surface area contributed by atoms with Crippen molar-refractivity contribution in [1.82, 2.24) is 9.55 Å². The summed E-state index contributed by atoms with van der Waals surface area (Å²) in [6.45, 7) is 0. The normalized spacial score (nSPS) is 10.9. The van der Waals surface area contributed by atoms with Crippen molar-refractivity contribution in [3.63, 3.8) is 0 Å². The Morgan fingerprint density at radius 2 is 2.33 bits per heavy atom. The zero-order valence-electron chi connectivity index (χ0n) is 7.57. The summed E-state index contributed by atoms with van der Waals surface area (Å²) in [5.41, 5.74) is 1.03. The summed E-state index contributed by atoms with van der Waals surface area (Å²) < 4.78 is 2.35. The smallest absolute Gasteiger partial charge is 0.291 e. The van der Waals surface area contributed by atoms with Gasteiger partial charge in [-0.25, -0.2) is 4.98 Å². The lowest BCUT2D eigenvalue weighted by molar-refractivity contribution is -0.384. The predicted molar refractivity (Wildman–Crippen MR) is 60.1 cm³/mol. The lowest BCUT2D eigenvalue weighted by Gasteiger charge is -2.00. The van der Waals surface area contributed by atoms with Crippen molar-refractivity contribution >= 4 is 44.3 Å².